The van der Waals surface area contributed by atoms with Crippen LogP contribution in [-0.4, -0.2) is 38.1 Å². The van der Waals surface area contributed by atoms with Gasteiger partial charge in [0.15, 0.2) is 0 Å². The molecule has 0 unspecified atom stereocenters. The fourth-order valence-corrected chi connectivity index (χ4v) is 2.67. The summed E-state index contributed by atoms with van der Waals surface area (Å²) in [5, 5.41) is 2.50. The summed E-state index contributed by atoms with van der Waals surface area (Å²) in [6.45, 7) is 1.91. The maximum absolute atomic E-state index is 13.1. The maximum atomic E-state index is 13.1. The van der Waals surface area contributed by atoms with Crippen LogP contribution in [0.15, 0.2) is 30.0 Å². The van der Waals surface area contributed by atoms with Gasteiger partial charge in [0.1, 0.15) is 5.70 Å². The molecule has 7 nitrogen and oxygen atoms in total. The van der Waals surface area contributed by atoms with E-state index in [1.165, 1.54) is 12.1 Å². The molecule has 1 fully saturated rings. The monoisotopic (exact) mass is 370 g/mol. The number of ether oxygens (including phenoxy) is 1. The summed E-state index contributed by atoms with van der Waals surface area (Å²) < 4.78 is 44.4. The van der Waals surface area contributed by atoms with Crippen molar-refractivity contribution < 1.29 is 27.5 Å². The van der Waals surface area contributed by atoms with Gasteiger partial charge in [-0.2, -0.15) is 13.2 Å². The van der Waals surface area contributed by atoms with Gasteiger partial charge in [-0.15, -0.1) is 0 Å². The van der Waals surface area contributed by atoms with Gasteiger partial charge in [0.05, 0.1) is 30.2 Å². The van der Waals surface area contributed by atoms with Crippen LogP contribution in [0, 0.1) is 0 Å². The van der Waals surface area contributed by atoms with Crippen molar-refractivity contribution in [3.8, 4) is 0 Å². The Labute approximate surface area is 147 Å². The van der Waals surface area contributed by atoms with E-state index in [1.54, 1.807) is 0 Å². The van der Waals surface area contributed by atoms with Gasteiger partial charge in [0.2, 0.25) is 5.91 Å². The van der Waals surface area contributed by atoms with E-state index in [0.29, 0.717) is 32.0 Å². The molecule has 1 aromatic carbocycles. The molecule has 3 rings (SSSR count). The molecule has 3 N–H and O–H groups in total. The Morgan fingerprint density at radius 3 is 2.54 bits per heavy atom. The molecule has 0 aromatic heterocycles. The zero-order valence-corrected chi connectivity index (χ0v) is 13.7. The number of amides is 2. The van der Waals surface area contributed by atoms with E-state index < -0.39 is 17.6 Å². The predicted octanol–water partition coefficient (Wildman–Crippen LogP) is 1.39. The second-order valence-corrected chi connectivity index (χ2v) is 5.78. The van der Waals surface area contributed by atoms with E-state index in [-0.39, 0.29) is 23.7 Å². The van der Waals surface area contributed by atoms with Crippen LogP contribution in [0.4, 0.5) is 24.5 Å². The van der Waals surface area contributed by atoms with Gasteiger partial charge in [0.25, 0.3) is 5.91 Å². The van der Waals surface area contributed by atoms with Crippen LogP contribution >= 0.6 is 0 Å². The Balaban J connectivity index is 1.88. The van der Waals surface area contributed by atoms with Crippen molar-refractivity contribution in [2.75, 3.05) is 36.5 Å². The largest absolute Gasteiger partial charge is 0.416 e. The number of morpholine rings is 1. The lowest BCUT2D eigenvalue weighted by molar-refractivity contribution is -0.137. The van der Waals surface area contributed by atoms with Gasteiger partial charge in [-0.1, -0.05) is 0 Å². The standard InChI is InChI=1S/C16H17F3N4O3/c17-16(18,19)10-1-3-13(23-5-7-26-8-6-23)12(9-10)20-15(25)11-2-4-14(24)22-21-11/h1-3,9,21H,4-8H2,(H,20,25)(H,22,24). The Morgan fingerprint density at radius 2 is 1.92 bits per heavy atom. The number of hydrazine groups is 1. The van der Waals surface area contributed by atoms with Gasteiger partial charge >= 0.3 is 6.18 Å². The molecule has 2 heterocycles. The molecule has 0 spiro atoms. The molecule has 2 amide bonds. The first-order valence-electron chi connectivity index (χ1n) is 7.95. The number of alkyl halides is 3. The van der Waals surface area contributed by atoms with Crippen molar-refractivity contribution in [2.24, 2.45) is 0 Å². The van der Waals surface area contributed by atoms with Crippen LogP contribution in [0.25, 0.3) is 0 Å². The fourth-order valence-electron chi connectivity index (χ4n) is 2.67. The highest BCUT2D eigenvalue weighted by Gasteiger charge is 2.32. The summed E-state index contributed by atoms with van der Waals surface area (Å²) >= 11 is 0. The molecule has 140 valence electrons. The van der Waals surface area contributed by atoms with E-state index >= 15 is 0 Å². The van der Waals surface area contributed by atoms with E-state index in [0.717, 1.165) is 12.1 Å². The molecule has 0 bridgehead atoms. The molecule has 26 heavy (non-hydrogen) atoms. The minimum Gasteiger partial charge on any atom is -0.378 e. The van der Waals surface area contributed by atoms with Crippen LogP contribution in [0.5, 0.6) is 0 Å². The van der Waals surface area contributed by atoms with Gasteiger partial charge in [-0.3, -0.25) is 20.4 Å². The van der Waals surface area contributed by atoms with Crippen molar-refractivity contribution in [1.82, 2.24) is 10.9 Å². The molecule has 0 radical (unpaired) electrons. The quantitative estimate of drug-likeness (QED) is 0.749. The SMILES string of the molecule is O=C1CC=C(C(=O)Nc2cc(C(F)(F)F)ccc2N2CCOCC2)NN1. The van der Waals surface area contributed by atoms with E-state index in [2.05, 4.69) is 16.2 Å². The first kappa shape index (κ1) is 18.1. The fraction of sp³-hybridized carbons (Fsp3) is 0.375. The predicted molar refractivity (Wildman–Crippen MR) is 87.1 cm³/mol. The lowest BCUT2D eigenvalue weighted by Crippen LogP contribution is -2.43. The highest BCUT2D eigenvalue weighted by atomic mass is 19.4. The number of hydrogen-bond acceptors (Lipinski definition) is 5. The summed E-state index contributed by atoms with van der Waals surface area (Å²) in [6, 6.07) is 3.23. The zero-order chi connectivity index (χ0) is 18.7. The summed E-state index contributed by atoms with van der Waals surface area (Å²) in [7, 11) is 0. The third kappa shape index (κ3) is 4.07. The van der Waals surface area contributed by atoms with Crippen LogP contribution in [0.3, 0.4) is 0 Å². The van der Waals surface area contributed by atoms with Crippen molar-refractivity contribution in [2.45, 2.75) is 12.6 Å². The minimum atomic E-state index is -4.53. The number of hydrogen-bond donors (Lipinski definition) is 3. The van der Waals surface area contributed by atoms with Crippen LogP contribution < -0.4 is 21.1 Å². The topological polar surface area (TPSA) is 82.7 Å². The Hall–Kier alpha value is -2.75. The second-order valence-electron chi connectivity index (χ2n) is 5.78. The van der Waals surface area contributed by atoms with Crippen LogP contribution in [0.1, 0.15) is 12.0 Å². The molecular weight excluding hydrogens is 353 g/mol. The number of anilines is 2. The molecule has 2 aliphatic heterocycles. The summed E-state index contributed by atoms with van der Waals surface area (Å²) in [4.78, 5) is 25.3. The third-order valence-electron chi connectivity index (χ3n) is 4.00. The Kier molecular flexibility index (Phi) is 5.03. The molecule has 10 heteroatoms. The van der Waals surface area contributed by atoms with Crippen molar-refractivity contribution in [3.05, 3.63) is 35.5 Å². The lowest BCUT2D eigenvalue weighted by Gasteiger charge is -2.31. The van der Waals surface area contributed by atoms with Gasteiger partial charge in [-0.05, 0) is 24.3 Å². The smallest absolute Gasteiger partial charge is 0.378 e. The van der Waals surface area contributed by atoms with Gasteiger partial charge in [0, 0.05) is 19.5 Å². The highest BCUT2D eigenvalue weighted by Crippen LogP contribution is 2.35. The molecule has 2 aliphatic rings. The van der Waals surface area contributed by atoms with Gasteiger partial charge in [-0.25, -0.2) is 0 Å². The number of nitrogens with zero attached hydrogens (tertiary/aromatic N) is 1. The van der Waals surface area contributed by atoms with Crippen molar-refractivity contribution in [1.29, 1.82) is 0 Å². The van der Waals surface area contributed by atoms with Crippen LogP contribution in [0.2, 0.25) is 0 Å². The first-order chi connectivity index (χ1) is 12.3. The van der Waals surface area contributed by atoms with E-state index in [1.807, 2.05) is 4.90 Å². The first-order valence-corrected chi connectivity index (χ1v) is 7.95. The number of carbonyl (C=O) groups excluding carboxylic acids is 2. The maximum Gasteiger partial charge on any atom is 0.416 e. The van der Waals surface area contributed by atoms with Gasteiger partial charge < -0.3 is 15.0 Å². The number of rotatable bonds is 3. The highest BCUT2D eigenvalue weighted by molar-refractivity contribution is 6.06. The molecule has 0 aliphatic carbocycles. The normalized spacial score (nSPS) is 17.9. The summed E-state index contributed by atoms with van der Waals surface area (Å²) in [6.07, 6.45) is -3.15. The number of halogens is 3. The lowest BCUT2D eigenvalue weighted by atomic mass is 10.1. The van der Waals surface area contributed by atoms with E-state index in [4.69, 9.17) is 4.74 Å². The van der Waals surface area contributed by atoms with E-state index in [9.17, 15) is 22.8 Å². The number of carbonyl (C=O) groups is 2. The molecular formula is C16H17F3N4O3. The average Bonchev–Trinajstić information content (AvgIpc) is 2.62. The van der Waals surface area contributed by atoms with Crippen LogP contribution in [-0.2, 0) is 20.5 Å². The third-order valence-corrected chi connectivity index (χ3v) is 4.00. The summed E-state index contributed by atoms with van der Waals surface area (Å²) in [5.74, 6) is -0.951. The average molecular weight is 370 g/mol. The second kappa shape index (κ2) is 7.24. The molecule has 1 aromatic rings. The van der Waals surface area contributed by atoms with Crippen molar-refractivity contribution >= 4 is 23.2 Å². The Morgan fingerprint density at radius 1 is 1.19 bits per heavy atom. The summed E-state index contributed by atoms with van der Waals surface area (Å²) in [5.41, 5.74) is 4.45. The number of benzene rings is 1. The zero-order valence-electron chi connectivity index (χ0n) is 13.7. The number of nitrogens with one attached hydrogen (secondary N) is 3. The molecule has 0 atom stereocenters. The Bertz CT molecular complexity index is 743. The molecule has 1 saturated heterocycles. The van der Waals surface area contributed by atoms with Crippen molar-refractivity contribution in [3.63, 3.8) is 0 Å². The molecule has 0 saturated carbocycles. The minimum absolute atomic E-state index is 0.00860.